The number of rotatable bonds is 3. The Hall–Kier alpha value is -1.29. The van der Waals surface area contributed by atoms with E-state index in [1.165, 1.54) is 12.4 Å². The zero-order valence-corrected chi connectivity index (χ0v) is 7.88. The van der Waals surface area contributed by atoms with Crippen LogP contribution >= 0.6 is 11.6 Å². The highest BCUT2D eigenvalue weighted by atomic mass is 35.5. The van der Waals surface area contributed by atoms with Gasteiger partial charge in [-0.3, -0.25) is 10.4 Å². The summed E-state index contributed by atoms with van der Waals surface area (Å²) in [5.41, 5.74) is 5.23. The van der Waals surface area contributed by atoms with Crippen LogP contribution in [-0.4, -0.2) is 16.9 Å². The summed E-state index contributed by atoms with van der Waals surface area (Å²) in [5, 5.41) is 7.60. The molecule has 70 valence electrons. The predicted octanol–water partition coefficient (Wildman–Crippen LogP) is 1.44. The van der Waals surface area contributed by atoms with Gasteiger partial charge in [0.05, 0.1) is 11.2 Å². The molecule has 0 fully saturated rings. The van der Waals surface area contributed by atoms with Crippen molar-refractivity contribution in [2.24, 2.45) is 5.73 Å². The Kier molecular flexibility index (Phi) is 3.08. The van der Waals surface area contributed by atoms with Gasteiger partial charge in [0.25, 0.3) is 0 Å². The third-order valence-corrected chi connectivity index (χ3v) is 1.64. The van der Waals surface area contributed by atoms with E-state index in [4.69, 9.17) is 27.5 Å². The molecular formula is C8H10ClN3O. The van der Waals surface area contributed by atoms with Crippen molar-refractivity contribution in [3.8, 4) is 5.75 Å². The van der Waals surface area contributed by atoms with E-state index in [9.17, 15) is 0 Å². The number of aromatic nitrogens is 1. The molecule has 0 aliphatic heterocycles. The summed E-state index contributed by atoms with van der Waals surface area (Å²) in [6.07, 6.45) is 2.57. The maximum absolute atomic E-state index is 7.10. The largest absolute Gasteiger partial charge is 0.481 e. The van der Waals surface area contributed by atoms with Crippen LogP contribution in [0.2, 0.25) is 5.02 Å². The van der Waals surface area contributed by atoms with E-state index >= 15 is 0 Å². The third-order valence-electron chi connectivity index (χ3n) is 1.43. The van der Waals surface area contributed by atoms with Crippen molar-refractivity contribution in [2.75, 3.05) is 0 Å². The number of hydrogen-bond donors (Lipinski definition) is 2. The summed E-state index contributed by atoms with van der Waals surface area (Å²) in [4.78, 5) is 3.83. The number of halogens is 1. The topological polar surface area (TPSA) is 72.0 Å². The van der Waals surface area contributed by atoms with Gasteiger partial charge in [-0.15, -0.1) is 0 Å². The van der Waals surface area contributed by atoms with Gasteiger partial charge in [0, 0.05) is 12.3 Å². The Labute approximate surface area is 81.2 Å². The van der Waals surface area contributed by atoms with Crippen LogP contribution in [0.25, 0.3) is 0 Å². The van der Waals surface area contributed by atoms with E-state index in [2.05, 4.69) is 4.98 Å². The molecule has 1 aromatic heterocycles. The number of amidine groups is 1. The smallest absolute Gasteiger partial charge is 0.152 e. The van der Waals surface area contributed by atoms with Crippen molar-refractivity contribution >= 4 is 17.4 Å². The van der Waals surface area contributed by atoms with Crippen molar-refractivity contribution in [3.05, 3.63) is 23.5 Å². The molecule has 3 N–H and O–H groups in total. The van der Waals surface area contributed by atoms with Gasteiger partial charge >= 0.3 is 0 Å². The molecule has 1 heterocycles. The number of pyridine rings is 1. The van der Waals surface area contributed by atoms with E-state index in [1.54, 1.807) is 13.0 Å². The summed E-state index contributed by atoms with van der Waals surface area (Å²) in [6.45, 7) is 1.68. The summed E-state index contributed by atoms with van der Waals surface area (Å²) < 4.78 is 5.26. The van der Waals surface area contributed by atoms with Crippen molar-refractivity contribution < 1.29 is 4.74 Å². The van der Waals surface area contributed by atoms with Crippen molar-refractivity contribution in [1.82, 2.24) is 4.98 Å². The van der Waals surface area contributed by atoms with Crippen LogP contribution < -0.4 is 10.5 Å². The molecular weight excluding hydrogens is 190 g/mol. The molecule has 0 bridgehead atoms. The Morgan fingerprint density at radius 2 is 2.38 bits per heavy atom. The van der Waals surface area contributed by atoms with E-state index in [0.29, 0.717) is 10.8 Å². The van der Waals surface area contributed by atoms with Crippen LogP contribution in [0.15, 0.2) is 18.5 Å². The average Bonchev–Trinajstić information content (AvgIpc) is 2.04. The molecule has 4 nitrogen and oxygen atoms in total. The minimum atomic E-state index is -0.458. The second-order valence-corrected chi connectivity index (χ2v) is 2.99. The number of hydrogen-bond acceptors (Lipinski definition) is 3. The van der Waals surface area contributed by atoms with Crippen molar-refractivity contribution in [1.29, 1.82) is 5.41 Å². The number of ether oxygens (including phenoxy) is 1. The Bertz CT molecular complexity index is 316. The standard InChI is InChI=1S/C8H10ClN3O/c1-5(8(10)11)13-7-2-6(9)3-12-4-7/h2-5H,1H3,(H3,10,11). The number of nitrogens with zero attached hydrogens (tertiary/aromatic N) is 1. The molecule has 5 heteroatoms. The molecule has 0 saturated carbocycles. The Morgan fingerprint density at radius 3 is 2.92 bits per heavy atom. The second-order valence-electron chi connectivity index (χ2n) is 2.55. The summed E-state index contributed by atoms with van der Waals surface area (Å²) in [6, 6.07) is 1.62. The summed E-state index contributed by atoms with van der Waals surface area (Å²) in [5.74, 6) is 0.482. The summed E-state index contributed by atoms with van der Waals surface area (Å²) >= 11 is 5.68. The fourth-order valence-electron chi connectivity index (χ4n) is 0.724. The molecule has 0 aliphatic rings. The fraction of sp³-hybridized carbons (Fsp3) is 0.250. The maximum Gasteiger partial charge on any atom is 0.152 e. The first kappa shape index (κ1) is 9.80. The number of nitrogens with one attached hydrogen (secondary N) is 1. The quantitative estimate of drug-likeness (QED) is 0.572. The average molecular weight is 200 g/mol. The Morgan fingerprint density at radius 1 is 1.69 bits per heavy atom. The van der Waals surface area contributed by atoms with Gasteiger partial charge in [-0.2, -0.15) is 0 Å². The lowest BCUT2D eigenvalue weighted by Gasteiger charge is -2.12. The normalized spacial score (nSPS) is 12.2. The minimum absolute atomic E-state index is 0.0278. The molecule has 0 saturated heterocycles. The molecule has 0 amide bonds. The molecule has 0 aliphatic carbocycles. The van der Waals surface area contributed by atoms with Gasteiger partial charge in [0.15, 0.2) is 6.10 Å². The van der Waals surface area contributed by atoms with E-state index in [-0.39, 0.29) is 5.84 Å². The van der Waals surface area contributed by atoms with Gasteiger partial charge in [0.1, 0.15) is 11.6 Å². The van der Waals surface area contributed by atoms with Gasteiger partial charge in [0.2, 0.25) is 0 Å². The fourth-order valence-corrected chi connectivity index (χ4v) is 0.888. The first-order valence-electron chi connectivity index (χ1n) is 3.70. The molecule has 0 radical (unpaired) electrons. The van der Waals surface area contributed by atoms with Crippen LogP contribution in [0.4, 0.5) is 0 Å². The molecule has 0 aromatic carbocycles. The molecule has 1 atom stereocenters. The van der Waals surface area contributed by atoms with Gasteiger partial charge in [-0.05, 0) is 6.92 Å². The maximum atomic E-state index is 7.10. The van der Waals surface area contributed by atoms with E-state index < -0.39 is 6.10 Å². The number of nitrogens with two attached hydrogens (primary N) is 1. The second kappa shape index (κ2) is 4.09. The van der Waals surface area contributed by atoms with Gasteiger partial charge in [-0.25, -0.2) is 0 Å². The monoisotopic (exact) mass is 199 g/mol. The third kappa shape index (κ3) is 2.91. The van der Waals surface area contributed by atoms with Crippen LogP contribution in [0, 0.1) is 5.41 Å². The van der Waals surface area contributed by atoms with E-state index in [0.717, 1.165) is 0 Å². The first-order valence-corrected chi connectivity index (χ1v) is 4.08. The molecule has 1 unspecified atom stereocenters. The van der Waals surface area contributed by atoms with Crippen molar-refractivity contribution in [3.63, 3.8) is 0 Å². The predicted molar refractivity (Wildman–Crippen MR) is 51.3 cm³/mol. The Balaban J connectivity index is 2.69. The molecule has 0 spiro atoms. The van der Waals surface area contributed by atoms with Gasteiger partial charge in [-0.1, -0.05) is 11.6 Å². The molecule has 1 rings (SSSR count). The molecule has 1 aromatic rings. The summed E-state index contributed by atoms with van der Waals surface area (Å²) in [7, 11) is 0. The lowest BCUT2D eigenvalue weighted by Crippen LogP contribution is -2.30. The van der Waals surface area contributed by atoms with Crippen molar-refractivity contribution in [2.45, 2.75) is 13.0 Å². The lowest BCUT2D eigenvalue weighted by atomic mass is 10.3. The highest BCUT2D eigenvalue weighted by molar-refractivity contribution is 6.30. The zero-order chi connectivity index (χ0) is 9.84. The highest BCUT2D eigenvalue weighted by Gasteiger charge is 2.06. The van der Waals surface area contributed by atoms with Crippen LogP contribution in [0.5, 0.6) is 5.75 Å². The molecule has 13 heavy (non-hydrogen) atoms. The zero-order valence-electron chi connectivity index (χ0n) is 7.12. The lowest BCUT2D eigenvalue weighted by molar-refractivity contribution is 0.283. The minimum Gasteiger partial charge on any atom is -0.481 e. The van der Waals surface area contributed by atoms with E-state index in [1.807, 2.05) is 0 Å². The van der Waals surface area contributed by atoms with Crippen LogP contribution in [0.1, 0.15) is 6.92 Å². The van der Waals surface area contributed by atoms with Gasteiger partial charge < -0.3 is 10.5 Å². The van der Waals surface area contributed by atoms with Crippen LogP contribution in [-0.2, 0) is 0 Å². The van der Waals surface area contributed by atoms with Crippen LogP contribution in [0.3, 0.4) is 0 Å². The first-order chi connectivity index (χ1) is 6.09. The SMILES string of the molecule is CC(Oc1cncc(Cl)c1)C(=N)N. The highest BCUT2D eigenvalue weighted by Crippen LogP contribution is 2.16.